The molecule has 0 radical (unpaired) electrons. The summed E-state index contributed by atoms with van der Waals surface area (Å²) in [6, 6.07) is 28.0. The molecule has 3 aromatic carbocycles. The van der Waals surface area contributed by atoms with Gasteiger partial charge in [-0.15, -0.1) is 0 Å². The lowest BCUT2D eigenvalue weighted by Crippen LogP contribution is -2.48. The van der Waals surface area contributed by atoms with Crippen LogP contribution in [0.3, 0.4) is 0 Å². The molecule has 0 N–H and O–H groups in total. The van der Waals surface area contributed by atoms with Crippen LogP contribution in [0.5, 0.6) is 5.75 Å². The van der Waals surface area contributed by atoms with E-state index in [0.717, 1.165) is 12.4 Å². The third kappa shape index (κ3) is 3.93. The summed E-state index contributed by atoms with van der Waals surface area (Å²) in [7, 11) is -2.96. The zero-order valence-corrected chi connectivity index (χ0v) is 21.3. The third-order valence-corrected chi connectivity index (χ3v) is 9.85. The van der Waals surface area contributed by atoms with Gasteiger partial charge in [-0.25, -0.2) is 0 Å². The number of para-hydroxylation sites is 1. The molecule has 4 rings (SSSR count). The van der Waals surface area contributed by atoms with Gasteiger partial charge in [0, 0.05) is 13.6 Å². The minimum absolute atomic E-state index is 0.0358. The lowest BCUT2D eigenvalue weighted by molar-refractivity contribution is 0.302. The highest BCUT2D eigenvalue weighted by atomic mass is 28.3. The Labute approximate surface area is 184 Å². The van der Waals surface area contributed by atoms with Gasteiger partial charge in [-0.1, -0.05) is 111 Å². The normalized spacial score (nSPS) is 18.7. The van der Waals surface area contributed by atoms with Gasteiger partial charge in [0.1, 0.15) is 12.4 Å². The molecule has 0 aliphatic carbocycles. The SMILES string of the molecule is C[Si](C)(C)CC1(c2ccc(-c3ccccc3)cc2[Si](C)(C)C)COc2ccccc21. The Balaban J connectivity index is 1.96. The smallest absolute Gasteiger partial charge is 0.123 e. The molecule has 0 saturated carbocycles. The van der Waals surface area contributed by atoms with Crippen LogP contribution in [0.4, 0.5) is 0 Å². The average Bonchev–Trinajstić information content (AvgIpc) is 3.06. The molecule has 0 amide bonds. The monoisotopic (exact) mass is 430 g/mol. The maximum absolute atomic E-state index is 6.33. The first-order valence-electron chi connectivity index (χ1n) is 11.0. The van der Waals surface area contributed by atoms with Crippen molar-refractivity contribution in [1.82, 2.24) is 0 Å². The first kappa shape index (κ1) is 21.1. The van der Waals surface area contributed by atoms with Crippen molar-refractivity contribution in [3.05, 3.63) is 83.9 Å². The van der Waals surface area contributed by atoms with Gasteiger partial charge in [-0.05, 0) is 28.8 Å². The molecular formula is C27H34OSi2. The van der Waals surface area contributed by atoms with Crippen molar-refractivity contribution in [1.29, 1.82) is 0 Å². The molecular weight excluding hydrogens is 396 g/mol. The molecule has 0 saturated heterocycles. The van der Waals surface area contributed by atoms with Crippen LogP contribution in [-0.2, 0) is 5.41 Å². The molecule has 0 bridgehead atoms. The Morgan fingerprint density at radius 2 is 1.40 bits per heavy atom. The number of hydrogen-bond acceptors (Lipinski definition) is 1. The fourth-order valence-corrected chi connectivity index (χ4v) is 9.04. The predicted octanol–water partition coefficient (Wildman–Crippen LogP) is 6.92. The molecule has 1 unspecified atom stereocenters. The quantitative estimate of drug-likeness (QED) is 0.399. The fourth-order valence-electron chi connectivity index (χ4n) is 5.03. The number of benzene rings is 3. The molecule has 30 heavy (non-hydrogen) atoms. The molecule has 0 aromatic heterocycles. The largest absolute Gasteiger partial charge is 0.492 e. The Morgan fingerprint density at radius 1 is 0.733 bits per heavy atom. The summed E-state index contributed by atoms with van der Waals surface area (Å²) >= 11 is 0. The zero-order chi connectivity index (χ0) is 21.6. The van der Waals surface area contributed by atoms with Crippen molar-refractivity contribution in [2.45, 2.75) is 50.7 Å². The number of fused-ring (bicyclic) bond motifs is 1. The highest BCUT2D eigenvalue weighted by molar-refractivity contribution is 6.89. The zero-order valence-electron chi connectivity index (χ0n) is 19.3. The van der Waals surface area contributed by atoms with E-state index >= 15 is 0 Å². The number of ether oxygens (including phenoxy) is 1. The predicted molar refractivity (Wildman–Crippen MR) is 136 cm³/mol. The van der Waals surface area contributed by atoms with E-state index in [0.29, 0.717) is 0 Å². The van der Waals surface area contributed by atoms with E-state index < -0.39 is 16.1 Å². The molecule has 3 heteroatoms. The van der Waals surface area contributed by atoms with Crippen LogP contribution in [0.1, 0.15) is 11.1 Å². The number of rotatable bonds is 5. The van der Waals surface area contributed by atoms with Gasteiger partial charge in [0.25, 0.3) is 0 Å². The fraction of sp³-hybridized carbons (Fsp3) is 0.333. The van der Waals surface area contributed by atoms with Gasteiger partial charge >= 0.3 is 0 Å². The van der Waals surface area contributed by atoms with Crippen LogP contribution in [-0.4, -0.2) is 22.8 Å². The van der Waals surface area contributed by atoms with Crippen molar-refractivity contribution in [3.63, 3.8) is 0 Å². The molecule has 3 aromatic rings. The highest BCUT2D eigenvalue weighted by Gasteiger charge is 2.47. The van der Waals surface area contributed by atoms with Crippen LogP contribution < -0.4 is 9.92 Å². The third-order valence-electron chi connectivity index (χ3n) is 6.16. The van der Waals surface area contributed by atoms with Gasteiger partial charge in [0.05, 0.1) is 13.5 Å². The number of hydrogen-bond donors (Lipinski definition) is 0. The average molecular weight is 431 g/mol. The first-order valence-corrected chi connectivity index (χ1v) is 18.2. The molecule has 1 heterocycles. The van der Waals surface area contributed by atoms with Gasteiger partial charge in [0.15, 0.2) is 0 Å². The summed E-state index contributed by atoms with van der Waals surface area (Å²) in [4.78, 5) is 0. The molecule has 0 fully saturated rings. The van der Waals surface area contributed by atoms with Crippen LogP contribution in [0.15, 0.2) is 72.8 Å². The molecule has 0 spiro atoms. The molecule has 1 aliphatic heterocycles. The molecule has 1 nitrogen and oxygen atoms in total. The van der Waals surface area contributed by atoms with Crippen molar-refractivity contribution in [3.8, 4) is 16.9 Å². The second-order valence-corrected chi connectivity index (χ2v) is 21.5. The molecule has 156 valence electrons. The maximum atomic E-state index is 6.33. The lowest BCUT2D eigenvalue weighted by atomic mass is 9.77. The van der Waals surface area contributed by atoms with Crippen molar-refractivity contribution in [2.24, 2.45) is 0 Å². The van der Waals surface area contributed by atoms with Gasteiger partial charge < -0.3 is 4.74 Å². The van der Waals surface area contributed by atoms with E-state index in [4.69, 9.17) is 4.74 Å². The summed E-state index contributed by atoms with van der Waals surface area (Å²) in [5, 5.41) is 1.57. The summed E-state index contributed by atoms with van der Waals surface area (Å²) in [5.74, 6) is 1.07. The van der Waals surface area contributed by atoms with E-state index in [9.17, 15) is 0 Å². The maximum Gasteiger partial charge on any atom is 0.123 e. The van der Waals surface area contributed by atoms with Crippen LogP contribution in [0.2, 0.25) is 45.3 Å². The second-order valence-electron chi connectivity index (χ2n) is 11.0. The minimum atomic E-state index is -1.59. The summed E-state index contributed by atoms with van der Waals surface area (Å²) in [5.41, 5.74) is 5.48. The van der Waals surface area contributed by atoms with Crippen molar-refractivity contribution < 1.29 is 4.74 Å². The van der Waals surface area contributed by atoms with Crippen molar-refractivity contribution in [2.75, 3.05) is 6.61 Å². The van der Waals surface area contributed by atoms with E-state index in [-0.39, 0.29) is 5.41 Å². The van der Waals surface area contributed by atoms with Crippen LogP contribution >= 0.6 is 0 Å². The topological polar surface area (TPSA) is 9.23 Å². The summed E-state index contributed by atoms with van der Waals surface area (Å²) in [6.07, 6.45) is 0. The summed E-state index contributed by atoms with van der Waals surface area (Å²) < 4.78 is 6.33. The minimum Gasteiger partial charge on any atom is -0.492 e. The lowest BCUT2D eigenvalue weighted by Gasteiger charge is -2.38. The van der Waals surface area contributed by atoms with E-state index in [1.54, 1.807) is 5.19 Å². The van der Waals surface area contributed by atoms with Gasteiger partial charge in [-0.3, -0.25) is 0 Å². The van der Waals surface area contributed by atoms with E-state index in [2.05, 4.69) is 112 Å². The van der Waals surface area contributed by atoms with Gasteiger partial charge in [0.2, 0.25) is 0 Å². The van der Waals surface area contributed by atoms with Crippen molar-refractivity contribution >= 4 is 21.3 Å². The Bertz CT molecular complexity index is 1040. The van der Waals surface area contributed by atoms with E-state index in [1.807, 2.05) is 0 Å². The highest BCUT2D eigenvalue weighted by Crippen LogP contribution is 2.48. The Kier molecular flexibility index (Phi) is 5.31. The van der Waals surface area contributed by atoms with E-state index in [1.165, 1.54) is 28.3 Å². The first-order chi connectivity index (χ1) is 14.1. The Hall–Kier alpha value is -2.11. The molecule has 1 aliphatic rings. The second kappa shape index (κ2) is 7.54. The molecule has 1 atom stereocenters. The van der Waals surface area contributed by atoms with Crippen LogP contribution in [0.25, 0.3) is 11.1 Å². The van der Waals surface area contributed by atoms with Gasteiger partial charge in [-0.2, -0.15) is 0 Å². The Morgan fingerprint density at radius 3 is 2.07 bits per heavy atom. The standard InChI is InChI=1S/C27H34OSi2/c1-29(2,3)20-27(19-28-25-15-11-10-14-23(25)27)24-17-16-22(18-26(24)30(4,5)6)21-12-8-7-9-13-21/h7-18H,19-20H2,1-6H3. The summed E-state index contributed by atoms with van der Waals surface area (Å²) in [6.45, 7) is 15.7. The van der Waals surface area contributed by atoms with Crippen LogP contribution in [0, 0.1) is 0 Å².